The molecular weight excluding hydrogens is 437 g/mol. The van der Waals surface area contributed by atoms with Gasteiger partial charge in [0.15, 0.2) is 11.1 Å². The molecule has 2 heterocycles. The average Bonchev–Trinajstić information content (AvgIpc) is 3.00. The Labute approximate surface area is 166 Å². The first-order valence-corrected chi connectivity index (χ1v) is 8.82. The number of thiazole rings is 1. The maximum Gasteiger partial charge on any atom is 0.191 e. The quantitative estimate of drug-likeness (QED) is 0.379. The second-order valence-electron chi connectivity index (χ2n) is 6.22. The van der Waals surface area contributed by atoms with Gasteiger partial charge in [0.05, 0.1) is 12.2 Å². The van der Waals surface area contributed by atoms with Crippen LogP contribution < -0.4 is 15.5 Å². The van der Waals surface area contributed by atoms with Gasteiger partial charge in [-0.25, -0.2) is 4.98 Å². The Bertz CT molecular complexity index is 520. The molecule has 9 heteroatoms. The van der Waals surface area contributed by atoms with Crippen molar-refractivity contribution in [2.75, 3.05) is 66.3 Å². The highest BCUT2D eigenvalue weighted by Crippen LogP contribution is 2.17. The summed E-state index contributed by atoms with van der Waals surface area (Å²) in [5, 5.41) is 9.87. The maximum absolute atomic E-state index is 4.57. The fourth-order valence-corrected chi connectivity index (χ4v) is 3.27. The number of anilines is 1. The molecule has 2 N–H and O–H groups in total. The van der Waals surface area contributed by atoms with Crippen molar-refractivity contribution >= 4 is 46.4 Å². The Kier molecular flexibility index (Phi) is 9.24. The second-order valence-corrected chi connectivity index (χ2v) is 7.06. The lowest BCUT2D eigenvalue weighted by Crippen LogP contribution is -2.55. The molecule has 138 valence electrons. The van der Waals surface area contributed by atoms with Crippen molar-refractivity contribution in [2.45, 2.75) is 12.6 Å². The molecule has 0 aliphatic carbocycles. The van der Waals surface area contributed by atoms with E-state index in [1.54, 1.807) is 18.4 Å². The molecule has 1 aromatic heterocycles. The van der Waals surface area contributed by atoms with Gasteiger partial charge in [0, 0.05) is 58.7 Å². The molecule has 0 bridgehead atoms. The van der Waals surface area contributed by atoms with E-state index in [0.29, 0.717) is 12.6 Å². The molecule has 1 aliphatic rings. The van der Waals surface area contributed by atoms with Gasteiger partial charge in [-0.3, -0.25) is 9.89 Å². The molecule has 1 atom stereocenters. The Morgan fingerprint density at radius 2 is 2.12 bits per heavy atom. The van der Waals surface area contributed by atoms with Crippen molar-refractivity contribution in [3.05, 3.63) is 11.1 Å². The minimum Gasteiger partial charge on any atom is -0.355 e. The highest BCUT2D eigenvalue weighted by Gasteiger charge is 2.22. The van der Waals surface area contributed by atoms with E-state index < -0.39 is 0 Å². The summed E-state index contributed by atoms with van der Waals surface area (Å²) < 4.78 is 0. The van der Waals surface area contributed by atoms with Crippen LogP contribution >= 0.6 is 35.3 Å². The van der Waals surface area contributed by atoms with Crippen LogP contribution in [0, 0.1) is 0 Å². The molecule has 2 rings (SSSR count). The summed E-state index contributed by atoms with van der Waals surface area (Å²) in [4.78, 5) is 15.7. The van der Waals surface area contributed by atoms with Crippen LogP contribution in [-0.2, 0) is 6.54 Å². The minimum absolute atomic E-state index is 0. The summed E-state index contributed by atoms with van der Waals surface area (Å²) in [6, 6.07) is 0.506. The number of aliphatic imine (C=N–C) groups is 1. The summed E-state index contributed by atoms with van der Waals surface area (Å²) in [6.45, 7) is 4.91. The Morgan fingerprint density at radius 1 is 1.38 bits per heavy atom. The molecule has 0 spiro atoms. The van der Waals surface area contributed by atoms with Crippen molar-refractivity contribution in [2.24, 2.45) is 4.99 Å². The highest BCUT2D eigenvalue weighted by molar-refractivity contribution is 14.0. The second kappa shape index (κ2) is 10.4. The Balaban J connectivity index is 0.00000288. The largest absolute Gasteiger partial charge is 0.355 e. The van der Waals surface area contributed by atoms with E-state index in [1.165, 1.54) is 0 Å². The number of aromatic nitrogens is 1. The smallest absolute Gasteiger partial charge is 0.191 e. The van der Waals surface area contributed by atoms with Gasteiger partial charge in [-0.05, 0) is 14.1 Å². The molecular formula is C15H30IN7S. The fraction of sp³-hybridized carbons (Fsp3) is 0.733. The third kappa shape index (κ3) is 6.34. The van der Waals surface area contributed by atoms with E-state index in [2.05, 4.69) is 49.9 Å². The van der Waals surface area contributed by atoms with Gasteiger partial charge in [0.25, 0.3) is 0 Å². The lowest BCUT2D eigenvalue weighted by atomic mass is 10.2. The Hall–Kier alpha value is -0.650. The number of nitrogens with one attached hydrogen (secondary N) is 2. The molecule has 0 saturated carbocycles. The van der Waals surface area contributed by atoms with Gasteiger partial charge in [-0.2, -0.15) is 0 Å². The number of piperazine rings is 1. The summed E-state index contributed by atoms with van der Waals surface area (Å²) in [5.74, 6) is 0.825. The maximum atomic E-state index is 4.57. The van der Waals surface area contributed by atoms with Crippen LogP contribution in [0.2, 0.25) is 0 Å². The zero-order valence-corrected chi connectivity index (χ0v) is 18.4. The molecule has 0 amide bonds. The van der Waals surface area contributed by atoms with Crippen LogP contribution in [0.25, 0.3) is 0 Å². The van der Waals surface area contributed by atoms with Crippen molar-refractivity contribution in [1.82, 2.24) is 25.4 Å². The SMILES string of the molecule is CN=C(NCc1csc(N(C)C)n1)NCC1CN(C)CCN1C.I. The first-order valence-electron chi connectivity index (χ1n) is 7.94. The average molecular weight is 467 g/mol. The predicted molar refractivity (Wildman–Crippen MR) is 114 cm³/mol. The first-order chi connectivity index (χ1) is 11.0. The molecule has 1 aromatic rings. The van der Waals surface area contributed by atoms with E-state index in [-0.39, 0.29) is 24.0 Å². The van der Waals surface area contributed by atoms with Gasteiger partial charge in [0.1, 0.15) is 0 Å². The summed E-state index contributed by atoms with van der Waals surface area (Å²) >= 11 is 1.66. The van der Waals surface area contributed by atoms with E-state index in [0.717, 1.165) is 43.0 Å². The van der Waals surface area contributed by atoms with Gasteiger partial charge >= 0.3 is 0 Å². The number of nitrogens with zero attached hydrogens (tertiary/aromatic N) is 5. The molecule has 24 heavy (non-hydrogen) atoms. The standard InChI is InChI=1S/C15H29N7S.HI/c1-16-14(17-8-12-11-23-15(19-12)20(2)3)18-9-13-10-21(4)6-7-22(13)5;/h11,13H,6-10H2,1-5H3,(H2,16,17,18);1H. The van der Waals surface area contributed by atoms with Gasteiger partial charge in [-0.15, -0.1) is 35.3 Å². The normalized spacial score (nSPS) is 19.7. The lowest BCUT2D eigenvalue weighted by Gasteiger charge is -2.37. The summed E-state index contributed by atoms with van der Waals surface area (Å²) in [6.07, 6.45) is 0. The van der Waals surface area contributed by atoms with E-state index in [9.17, 15) is 0 Å². The molecule has 7 nitrogen and oxygen atoms in total. The third-order valence-corrected chi connectivity index (χ3v) is 5.13. The van der Waals surface area contributed by atoms with E-state index in [1.807, 2.05) is 19.0 Å². The zero-order chi connectivity index (χ0) is 16.8. The third-order valence-electron chi connectivity index (χ3n) is 4.07. The van der Waals surface area contributed by atoms with Crippen LogP contribution in [-0.4, -0.2) is 88.2 Å². The number of hydrogen-bond donors (Lipinski definition) is 2. The predicted octanol–water partition coefficient (Wildman–Crippen LogP) is 0.738. The molecule has 1 saturated heterocycles. The summed E-state index contributed by atoms with van der Waals surface area (Å²) in [5.41, 5.74) is 1.04. The monoisotopic (exact) mass is 467 g/mol. The van der Waals surface area contributed by atoms with Crippen LogP contribution in [0.3, 0.4) is 0 Å². The summed E-state index contributed by atoms with van der Waals surface area (Å²) in [7, 11) is 10.2. The van der Waals surface area contributed by atoms with Crippen LogP contribution in [0.4, 0.5) is 5.13 Å². The van der Waals surface area contributed by atoms with E-state index >= 15 is 0 Å². The van der Waals surface area contributed by atoms with E-state index in [4.69, 9.17) is 0 Å². The fourth-order valence-electron chi connectivity index (χ4n) is 2.51. The lowest BCUT2D eigenvalue weighted by molar-refractivity contribution is 0.116. The number of halogens is 1. The van der Waals surface area contributed by atoms with Gasteiger partial charge in [0.2, 0.25) is 0 Å². The molecule has 1 aliphatic heterocycles. The number of rotatable bonds is 5. The number of guanidine groups is 1. The number of hydrogen-bond acceptors (Lipinski definition) is 6. The topological polar surface area (TPSA) is 59.0 Å². The van der Waals surface area contributed by atoms with Crippen molar-refractivity contribution in [3.63, 3.8) is 0 Å². The first kappa shape index (κ1) is 21.4. The molecule has 1 unspecified atom stereocenters. The Morgan fingerprint density at radius 3 is 2.75 bits per heavy atom. The van der Waals surface area contributed by atoms with Crippen LogP contribution in [0.15, 0.2) is 10.4 Å². The molecule has 1 fully saturated rings. The highest BCUT2D eigenvalue weighted by atomic mass is 127. The van der Waals surface area contributed by atoms with Gasteiger partial charge in [-0.1, -0.05) is 0 Å². The molecule has 0 aromatic carbocycles. The van der Waals surface area contributed by atoms with Gasteiger partial charge < -0.3 is 20.4 Å². The minimum atomic E-state index is 0. The van der Waals surface area contributed by atoms with Crippen LogP contribution in [0.5, 0.6) is 0 Å². The zero-order valence-electron chi connectivity index (χ0n) is 15.2. The molecule has 0 radical (unpaired) electrons. The van der Waals surface area contributed by atoms with Crippen LogP contribution in [0.1, 0.15) is 5.69 Å². The van der Waals surface area contributed by atoms with Crippen molar-refractivity contribution in [1.29, 1.82) is 0 Å². The number of likely N-dealkylation sites (N-methyl/N-ethyl adjacent to an activating group) is 2. The van der Waals surface area contributed by atoms with Crippen molar-refractivity contribution in [3.8, 4) is 0 Å². The van der Waals surface area contributed by atoms with Crippen molar-refractivity contribution < 1.29 is 0 Å².